The summed E-state index contributed by atoms with van der Waals surface area (Å²) in [4.78, 5) is 14.6. The third-order valence-corrected chi connectivity index (χ3v) is 6.99. The van der Waals surface area contributed by atoms with Crippen LogP contribution in [0, 0.1) is 5.92 Å². The molecule has 0 radical (unpaired) electrons. The summed E-state index contributed by atoms with van der Waals surface area (Å²) in [7, 11) is -0.352. The van der Waals surface area contributed by atoms with Gasteiger partial charge in [-0.15, -0.1) is 0 Å². The van der Waals surface area contributed by atoms with Crippen molar-refractivity contribution in [1.82, 2.24) is 13.5 Å². The molecule has 1 amide bonds. The van der Waals surface area contributed by atoms with E-state index in [2.05, 4.69) is 0 Å². The average molecular weight is 381 g/mol. The molecular weight excluding hydrogens is 354 g/mol. The molecule has 3 fully saturated rings. The van der Waals surface area contributed by atoms with Crippen LogP contribution in [0.5, 0.6) is 5.75 Å². The predicted octanol–water partition coefficient (Wildman–Crippen LogP) is 1.18. The quantitative estimate of drug-likeness (QED) is 0.742. The van der Waals surface area contributed by atoms with Crippen LogP contribution < -0.4 is 4.74 Å². The van der Waals surface area contributed by atoms with Crippen LogP contribution in [0.25, 0.3) is 0 Å². The van der Waals surface area contributed by atoms with Crippen LogP contribution in [0.2, 0.25) is 0 Å². The number of fused-ring (bicyclic) bond motifs is 4. The van der Waals surface area contributed by atoms with Crippen molar-refractivity contribution in [2.24, 2.45) is 5.92 Å². The van der Waals surface area contributed by atoms with Gasteiger partial charge in [0.2, 0.25) is 5.91 Å². The zero-order valence-electron chi connectivity index (χ0n) is 15.4. The Morgan fingerprint density at radius 3 is 2.58 bits per heavy atom. The van der Waals surface area contributed by atoms with Crippen molar-refractivity contribution in [2.75, 3.05) is 40.3 Å². The van der Waals surface area contributed by atoms with Gasteiger partial charge >= 0.3 is 0 Å². The van der Waals surface area contributed by atoms with Gasteiger partial charge < -0.3 is 9.64 Å². The number of ether oxygens (including phenoxy) is 1. The first-order chi connectivity index (χ1) is 12.4. The number of nitrogens with zero attached hydrogens (tertiary/aromatic N) is 3. The van der Waals surface area contributed by atoms with Crippen molar-refractivity contribution in [2.45, 2.75) is 25.3 Å². The molecule has 26 heavy (non-hydrogen) atoms. The highest BCUT2D eigenvalue weighted by Crippen LogP contribution is 2.30. The van der Waals surface area contributed by atoms with Crippen LogP contribution in [0.15, 0.2) is 30.3 Å². The van der Waals surface area contributed by atoms with E-state index in [9.17, 15) is 13.2 Å². The number of hydrogen-bond donors (Lipinski definition) is 0. The molecule has 3 saturated heterocycles. The number of rotatable bonds is 6. The van der Waals surface area contributed by atoms with Crippen molar-refractivity contribution < 1.29 is 17.9 Å². The summed E-state index contributed by atoms with van der Waals surface area (Å²) in [5.41, 5.74) is 0. The second-order valence-electron chi connectivity index (χ2n) is 7.16. The van der Waals surface area contributed by atoms with Crippen LogP contribution >= 0.6 is 0 Å². The lowest BCUT2D eigenvalue weighted by atomic mass is 9.95. The van der Waals surface area contributed by atoms with Gasteiger partial charge in [-0.05, 0) is 30.9 Å². The maximum Gasteiger partial charge on any atom is 0.281 e. The van der Waals surface area contributed by atoms with Crippen LogP contribution in [0.3, 0.4) is 0 Å². The molecule has 8 heteroatoms. The van der Waals surface area contributed by atoms with E-state index >= 15 is 0 Å². The number of benzene rings is 1. The van der Waals surface area contributed by atoms with Crippen LogP contribution in [-0.4, -0.2) is 74.2 Å². The maximum atomic E-state index is 12.7. The summed E-state index contributed by atoms with van der Waals surface area (Å²) in [5.74, 6) is 0.989. The lowest BCUT2D eigenvalue weighted by Crippen LogP contribution is -2.48. The molecule has 3 aliphatic heterocycles. The minimum atomic E-state index is -3.45. The SMILES string of the molecule is CN(C)S(=O)(=O)N1C[C@@H]2CC[C@H](C1)N(C(=O)CCOc1ccccc1)C2. The summed E-state index contributed by atoms with van der Waals surface area (Å²) in [6, 6.07) is 9.38. The van der Waals surface area contributed by atoms with E-state index in [0.717, 1.165) is 18.6 Å². The number of carbonyl (C=O) groups excluding carboxylic acids is 1. The summed E-state index contributed by atoms with van der Waals surface area (Å²) in [6.45, 7) is 1.83. The van der Waals surface area contributed by atoms with Gasteiger partial charge in [-0.1, -0.05) is 18.2 Å². The Hall–Kier alpha value is -1.64. The maximum absolute atomic E-state index is 12.7. The Kier molecular flexibility index (Phi) is 5.84. The molecule has 2 atom stereocenters. The van der Waals surface area contributed by atoms with Gasteiger partial charge in [-0.3, -0.25) is 4.79 Å². The highest BCUT2D eigenvalue weighted by atomic mass is 32.2. The molecular formula is C18H27N3O4S. The molecule has 1 aromatic carbocycles. The van der Waals surface area contributed by atoms with Crippen molar-refractivity contribution in [3.05, 3.63) is 30.3 Å². The van der Waals surface area contributed by atoms with E-state index in [1.54, 1.807) is 14.1 Å². The van der Waals surface area contributed by atoms with Crippen LogP contribution in [-0.2, 0) is 15.0 Å². The molecule has 7 nitrogen and oxygen atoms in total. The third-order valence-electron chi connectivity index (χ3n) is 5.12. The second-order valence-corrected chi connectivity index (χ2v) is 9.30. The first-order valence-corrected chi connectivity index (χ1v) is 10.4. The second kappa shape index (κ2) is 7.94. The van der Waals surface area contributed by atoms with Crippen molar-refractivity contribution in [1.29, 1.82) is 0 Å². The predicted molar refractivity (Wildman–Crippen MR) is 99.0 cm³/mol. The summed E-state index contributed by atoms with van der Waals surface area (Å²) < 4.78 is 33.4. The minimum Gasteiger partial charge on any atom is -0.493 e. The van der Waals surface area contributed by atoms with E-state index in [1.165, 1.54) is 8.61 Å². The van der Waals surface area contributed by atoms with Gasteiger partial charge in [0, 0.05) is 39.8 Å². The highest BCUT2D eigenvalue weighted by molar-refractivity contribution is 7.86. The van der Waals surface area contributed by atoms with Crippen molar-refractivity contribution in [3.8, 4) is 5.75 Å². The van der Waals surface area contributed by atoms with E-state index < -0.39 is 10.2 Å². The molecule has 3 heterocycles. The number of piperidine rings is 1. The average Bonchev–Trinajstić information content (AvgIpc) is 2.95. The van der Waals surface area contributed by atoms with Gasteiger partial charge in [0.1, 0.15) is 5.75 Å². The first-order valence-electron chi connectivity index (χ1n) is 9.03. The van der Waals surface area contributed by atoms with Crippen LogP contribution in [0.1, 0.15) is 19.3 Å². The number of para-hydroxylation sites is 1. The largest absolute Gasteiger partial charge is 0.493 e. The zero-order chi connectivity index (χ0) is 18.7. The van der Waals surface area contributed by atoms with Gasteiger partial charge in [-0.2, -0.15) is 17.0 Å². The minimum absolute atomic E-state index is 0.0414. The van der Waals surface area contributed by atoms with Gasteiger partial charge in [-0.25, -0.2) is 0 Å². The smallest absolute Gasteiger partial charge is 0.281 e. The van der Waals surface area contributed by atoms with Gasteiger partial charge in [0.15, 0.2) is 0 Å². The molecule has 0 N–H and O–H groups in total. The number of carbonyl (C=O) groups is 1. The first kappa shape index (κ1) is 19.1. The fraction of sp³-hybridized carbons (Fsp3) is 0.611. The van der Waals surface area contributed by atoms with Crippen LogP contribution in [0.4, 0.5) is 0 Å². The fourth-order valence-corrected chi connectivity index (χ4v) is 4.90. The molecule has 1 aromatic rings. The lowest BCUT2D eigenvalue weighted by molar-refractivity contribution is -0.135. The molecule has 3 aliphatic rings. The number of amides is 1. The Morgan fingerprint density at radius 2 is 1.88 bits per heavy atom. The monoisotopic (exact) mass is 381 g/mol. The Bertz CT molecular complexity index is 723. The van der Waals surface area contributed by atoms with E-state index in [4.69, 9.17) is 4.74 Å². The van der Waals surface area contributed by atoms with Crippen molar-refractivity contribution in [3.63, 3.8) is 0 Å². The molecule has 2 bridgehead atoms. The van der Waals surface area contributed by atoms with Crippen molar-refractivity contribution >= 4 is 16.1 Å². The van der Waals surface area contributed by atoms with Gasteiger partial charge in [0.25, 0.3) is 10.2 Å². The Balaban J connectivity index is 1.60. The van der Waals surface area contributed by atoms with E-state index in [1.807, 2.05) is 35.2 Å². The molecule has 0 saturated carbocycles. The molecule has 0 aromatic heterocycles. The standard InChI is InChI=1S/C18H27N3O4S/c1-19(2)26(23,24)20-12-15-8-9-16(14-20)21(13-15)18(22)10-11-25-17-6-4-3-5-7-17/h3-7,15-16H,8-14H2,1-2H3/t15-,16+/m0/s1. The summed E-state index contributed by atoms with van der Waals surface area (Å²) in [6.07, 6.45) is 2.13. The molecule has 0 unspecified atom stereocenters. The highest BCUT2D eigenvalue weighted by Gasteiger charge is 2.41. The normalized spacial score (nSPS) is 23.9. The summed E-state index contributed by atoms with van der Waals surface area (Å²) >= 11 is 0. The topological polar surface area (TPSA) is 70.2 Å². The summed E-state index contributed by atoms with van der Waals surface area (Å²) in [5, 5.41) is 0. The lowest BCUT2D eigenvalue weighted by Gasteiger charge is -2.36. The third kappa shape index (κ3) is 4.19. The van der Waals surface area contributed by atoms with E-state index in [0.29, 0.717) is 32.7 Å². The molecule has 0 aliphatic carbocycles. The molecule has 4 rings (SSSR count). The molecule has 0 spiro atoms. The van der Waals surface area contributed by atoms with E-state index in [-0.39, 0.29) is 17.9 Å². The molecule has 144 valence electrons. The Labute approximate surface area is 155 Å². The fourth-order valence-electron chi connectivity index (χ4n) is 3.68. The van der Waals surface area contributed by atoms with Gasteiger partial charge in [0.05, 0.1) is 13.0 Å². The number of hydrogen-bond acceptors (Lipinski definition) is 4. The zero-order valence-corrected chi connectivity index (χ0v) is 16.2. The Morgan fingerprint density at radius 1 is 1.15 bits per heavy atom.